The van der Waals surface area contributed by atoms with E-state index in [2.05, 4.69) is 18.7 Å². The first-order valence-corrected chi connectivity index (χ1v) is 5.64. The highest BCUT2D eigenvalue weighted by molar-refractivity contribution is 4.91. The second-order valence-electron chi connectivity index (χ2n) is 4.63. The van der Waals surface area contributed by atoms with Crippen LogP contribution in [-0.4, -0.2) is 36.7 Å². The molecule has 0 spiro atoms. The van der Waals surface area contributed by atoms with Crippen LogP contribution < -0.4 is 0 Å². The molecule has 0 aromatic carbocycles. The Balaban J connectivity index is 1.91. The van der Waals surface area contributed by atoms with Gasteiger partial charge in [0.15, 0.2) is 0 Å². The summed E-state index contributed by atoms with van der Waals surface area (Å²) >= 11 is 0. The maximum atomic E-state index is 5.56. The fourth-order valence-corrected chi connectivity index (χ4v) is 2.50. The molecular weight excluding hydrogens is 162 g/mol. The van der Waals surface area contributed by atoms with Gasteiger partial charge in [-0.25, -0.2) is 0 Å². The third-order valence-corrected chi connectivity index (χ3v) is 3.61. The zero-order valence-corrected chi connectivity index (χ0v) is 8.83. The molecule has 3 unspecified atom stereocenters. The summed E-state index contributed by atoms with van der Waals surface area (Å²) in [7, 11) is 0. The summed E-state index contributed by atoms with van der Waals surface area (Å²) in [5, 5.41) is 0. The molecule has 2 bridgehead atoms. The first-order chi connectivity index (χ1) is 6.31. The van der Waals surface area contributed by atoms with Gasteiger partial charge in [-0.3, -0.25) is 4.90 Å². The van der Waals surface area contributed by atoms with Crippen molar-refractivity contribution >= 4 is 0 Å². The Morgan fingerprint density at radius 2 is 1.92 bits per heavy atom. The molecule has 0 saturated carbocycles. The van der Waals surface area contributed by atoms with E-state index in [0.29, 0.717) is 0 Å². The van der Waals surface area contributed by atoms with E-state index in [1.165, 1.54) is 25.8 Å². The quantitative estimate of drug-likeness (QED) is 0.662. The molecule has 2 rings (SSSR count). The van der Waals surface area contributed by atoms with Crippen molar-refractivity contribution in [1.29, 1.82) is 0 Å². The predicted octanol–water partition coefficient (Wildman–Crippen LogP) is 1.90. The van der Waals surface area contributed by atoms with Crippen LogP contribution in [0.2, 0.25) is 0 Å². The Morgan fingerprint density at radius 1 is 1.31 bits per heavy atom. The highest BCUT2D eigenvalue weighted by Crippen LogP contribution is 2.29. The Kier molecular flexibility index (Phi) is 2.89. The number of morpholine rings is 1. The average Bonchev–Trinajstić information content (AvgIpc) is 2.41. The van der Waals surface area contributed by atoms with Crippen LogP contribution in [0.3, 0.4) is 0 Å². The molecule has 0 amide bonds. The largest absolute Gasteiger partial charge is 0.378 e. The van der Waals surface area contributed by atoms with E-state index >= 15 is 0 Å². The molecule has 0 aromatic rings. The third-order valence-electron chi connectivity index (χ3n) is 3.61. The van der Waals surface area contributed by atoms with Gasteiger partial charge in [0.05, 0.1) is 13.2 Å². The normalized spacial score (nSPS) is 36.5. The first kappa shape index (κ1) is 9.47. The van der Waals surface area contributed by atoms with Gasteiger partial charge in [-0.1, -0.05) is 20.3 Å². The monoisotopic (exact) mass is 183 g/mol. The standard InChI is InChI=1S/C11H21NO/c1-3-9(2)6-12-10-4-5-11(12)8-13-7-10/h9-11H,3-8H2,1-2H3. The molecule has 0 radical (unpaired) electrons. The van der Waals surface area contributed by atoms with Crippen LogP contribution in [0.15, 0.2) is 0 Å². The van der Waals surface area contributed by atoms with Gasteiger partial charge in [-0.05, 0) is 18.8 Å². The van der Waals surface area contributed by atoms with E-state index in [1.54, 1.807) is 0 Å². The molecule has 0 aromatic heterocycles. The Hall–Kier alpha value is -0.0800. The molecule has 2 aliphatic heterocycles. The second-order valence-corrected chi connectivity index (χ2v) is 4.63. The fourth-order valence-electron chi connectivity index (χ4n) is 2.50. The molecule has 0 N–H and O–H groups in total. The number of fused-ring (bicyclic) bond motifs is 2. The SMILES string of the molecule is CCC(C)CN1C2CCC1COC2. The number of rotatable bonds is 3. The highest BCUT2D eigenvalue weighted by Gasteiger charge is 2.37. The summed E-state index contributed by atoms with van der Waals surface area (Å²) in [6.45, 7) is 7.89. The van der Waals surface area contributed by atoms with Gasteiger partial charge in [0.25, 0.3) is 0 Å². The average molecular weight is 183 g/mol. The minimum atomic E-state index is 0.743. The molecule has 2 heterocycles. The van der Waals surface area contributed by atoms with E-state index in [1.807, 2.05) is 0 Å². The third kappa shape index (κ3) is 1.89. The van der Waals surface area contributed by atoms with E-state index in [4.69, 9.17) is 4.74 Å². The molecule has 2 saturated heterocycles. The number of ether oxygens (including phenoxy) is 1. The van der Waals surface area contributed by atoms with Crippen molar-refractivity contribution in [2.45, 2.75) is 45.2 Å². The summed E-state index contributed by atoms with van der Waals surface area (Å²) in [6, 6.07) is 1.49. The smallest absolute Gasteiger partial charge is 0.0622 e. The maximum Gasteiger partial charge on any atom is 0.0622 e. The molecule has 0 aliphatic carbocycles. The van der Waals surface area contributed by atoms with Crippen molar-refractivity contribution in [2.75, 3.05) is 19.8 Å². The van der Waals surface area contributed by atoms with E-state index in [-0.39, 0.29) is 0 Å². The Labute approximate surface area is 81.3 Å². The lowest BCUT2D eigenvalue weighted by atomic mass is 10.1. The van der Waals surface area contributed by atoms with Gasteiger partial charge in [-0.2, -0.15) is 0 Å². The van der Waals surface area contributed by atoms with Crippen LogP contribution in [0, 0.1) is 5.92 Å². The second kappa shape index (κ2) is 3.97. The highest BCUT2D eigenvalue weighted by atomic mass is 16.5. The molecule has 2 aliphatic rings. The zero-order valence-electron chi connectivity index (χ0n) is 8.83. The summed E-state index contributed by atoms with van der Waals surface area (Å²) < 4.78 is 5.56. The minimum Gasteiger partial charge on any atom is -0.378 e. The van der Waals surface area contributed by atoms with Crippen molar-refractivity contribution in [3.8, 4) is 0 Å². The first-order valence-electron chi connectivity index (χ1n) is 5.64. The Morgan fingerprint density at radius 3 is 2.46 bits per heavy atom. The summed E-state index contributed by atoms with van der Waals surface area (Å²) in [5.41, 5.74) is 0. The summed E-state index contributed by atoms with van der Waals surface area (Å²) in [6.07, 6.45) is 4.03. The van der Waals surface area contributed by atoms with Crippen LogP contribution in [0.25, 0.3) is 0 Å². The van der Waals surface area contributed by atoms with Crippen LogP contribution in [0.5, 0.6) is 0 Å². The van der Waals surface area contributed by atoms with Crippen molar-refractivity contribution in [3.05, 3.63) is 0 Å². The van der Waals surface area contributed by atoms with E-state index in [0.717, 1.165) is 31.2 Å². The molecule has 13 heavy (non-hydrogen) atoms. The number of hydrogen-bond donors (Lipinski definition) is 0. The van der Waals surface area contributed by atoms with Gasteiger partial charge in [0, 0.05) is 18.6 Å². The number of hydrogen-bond acceptors (Lipinski definition) is 2. The summed E-state index contributed by atoms with van der Waals surface area (Å²) in [5.74, 6) is 0.848. The lowest BCUT2D eigenvalue weighted by Crippen LogP contribution is -2.47. The van der Waals surface area contributed by atoms with Gasteiger partial charge >= 0.3 is 0 Å². The lowest BCUT2D eigenvalue weighted by Gasteiger charge is -2.36. The molecule has 76 valence electrons. The lowest BCUT2D eigenvalue weighted by molar-refractivity contribution is -0.0204. The zero-order chi connectivity index (χ0) is 9.26. The van der Waals surface area contributed by atoms with Gasteiger partial charge in [0.2, 0.25) is 0 Å². The van der Waals surface area contributed by atoms with Gasteiger partial charge < -0.3 is 4.74 Å². The van der Waals surface area contributed by atoms with E-state index in [9.17, 15) is 0 Å². The van der Waals surface area contributed by atoms with Crippen molar-refractivity contribution < 1.29 is 4.74 Å². The van der Waals surface area contributed by atoms with Gasteiger partial charge in [0.1, 0.15) is 0 Å². The van der Waals surface area contributed by atoms with Crippen molar-refractivity contribution in [3.63, 3.8) is 0 Å². The maximum absolute atomic E-state index is 5.56. The van der Waals surface area contributed by atoms with Crippen molar-refractivity contribution in [2.24, 2.45) is 5.92 Å². The molecule has 2 heteroatoms. The molecular formula is C11H21NO. The Bertz CT molecular complexity index is 155. The minimum absolute atomic E-state index is 0.743. The molecule has 2 nitrogen and oxygen atoms in total. The molecule has 3 atom stereocenters. The molecule has 2 fully saturated rings. The fraction of sp³-hybridized carbons (Fsp3) is 1.00. The number of nitrogens with zero attached hydrogens (tertiary/aromatic N) is 1. The van der Waals surface area contributed by atoms with Crippen LogP contribution in [-0.2, 0) is 4.74 Å². The van der Waals surface area contributed by atoms with Crippen LogP contribution >= 0.6 is 0 Å². The van der Waals surface area contributed by atoms with Gasteiger partial charge in [-0.15, -0.1) is 0 Å². The summed E-state index contributed by atoms with van der Waals surface area (Å²) in [4.78, 5) is 2.69. The van der Waals surface area contributed by atoms with Crippen molar-refractivity contribution in [1.82, 2.24) is 4.90 Å². The van der Waals surface area contributed by atoms with E-state index < -0.39 is 0 Å². The van der Waals surface area contributed by atoms with Crippen LogP contribution in [0.1, 0.15) is 33.1 Å². The predicted molar refractivity (Wildman–Crippen MR) is 53.8 cm³/mol. The van der Waals surface area contributed by atoms with Crippen LogP contribution in [0.4, 0.5) is 0 Å². The topological polar surface area (TPSA) is 12.5 Å².